The van der Waals surface area contributed by atoms with E-state index in [1.165, 1.54) is 0 Å². The third kappa shape index (κ3) is 10.1. The first-order valence-electron chi connectivity index (χ1n) is 8.68. The summed E-state index contributed by atoms with van der Waals surface area (Å²) in [5, 5.41) is 19.5. The van der Waals surface area contributed by atoms with Crippen molar-refractivity contribution in [3.05, 3.63) is 59.7 Å². The first-order chi connectivity index (χ1) is 12.1. The number of benzene rings is 2. The van der Waals surface area contributed by atoms with Crippen molar-refractivity contribution in [3.8, 4) is 11.5 Å². The number of aromatic hydroxyl groups is 2. The van der Waals surface area contributed by atoms with Crippen molar-refractivity contribution in [1.82, 2.24) is 0 Å². The fourth-order valence-electron chi connectivity index (χ4n) is 1.98. The SMILES string of the molecule is C.CC.CC.CC(=NCN=C(C)c1ccccc1O)c1ccccc1O.[Pt]. The Labute approximate surface area is 179 Å². The Bertz CT molecular complexity index is 639. The molecule has 0 aliphatic rings. The molecule has 27 heavy (non-hydrogen) atoms. The molecule has 0 aliphatic carbocycles. The molecule has 2 aromatic rings. The van der Waals surface area contributed by atoms with Crippen molar-refractivity contribution >= 4 is 11.4 Å². The molecule has 0 atom stereocenters. The van der Waals surface area contributed by atoms with Crippen molar-refractivity contribution < 1.29 is 31.3 Å². The Morgan fingerprint density at radius 1 is 0.704 bits per heavy atom. The van der Waals surface area contributed by atoms with E-state index in [2.05, 4.69) is 9.98 Å². The fraction of sp³-hybridized carbons (Fsp3) is 0.364. The van der Waals surface area contributed by atoms with Gasteiger partial charge in [0, 0.05) is 43.6 Å². The summed E-state index contributed by atoms with van der Waals surface area (Å²) in [5.74, 6) is 0.417. The monoisotopic (exact) mass is 553 g/mol. The minimum Gasteiger partial charge on any atom is -0.507 e. The average Bonchev–Trinajstić information content (AvgIpc) is 2.65. The Hall–Kier alpha value is -1.93. The van der Waals surface area contributed by atoms with Gasteiger partial charge in [0.1, 0.15) is 18.2 Å². The molecule has 5 heteroatoms. The van der Waals surface area contributed by atoms with E-state index in [4.69, 9.17) is 0 Å². The molecule has 4 nitrogen and oxygen atoms in total. The van der Waals surface area contributed by atoms with Crippen LogP contribution in [0.15, 0.2) is 58.5 Å². The fourth-order valence-corrected chi connectivity index (χ4v) is 1.98. The molecule has 0 unspecified atom stereocenters. The number of rotatable bonds is 4. The van der Waals surface area contributed by atoms with E-state index < -0.39 is 0 Å². The Morgan fingerprint density at radius 2 is 1.00 bits per heavy atom. The van der Waals surface area contributed by atoms with Gasteiger partial charge in [-0.1, -0.05) is 59.4 Å². The van der Waals surface area contributed by atoms with Gasteiger partial charge in [0.2, 0.25) is 0 Å². The van der Waals surface area contributed by atoms with Gasteiger partial charge in [-0.3, -0.25) is 9.98 Å². The van der Waals surface area contributed by atoms with Crippen LogP contribution in [-0.2, 0) is 21.1 Å². The third-order valence-corrected chi connectivity index (χ3v) is 3.20. The van der Waals surface area contributed by atoms with E-state index in [0.717, 1.165) is 11.4 Å². The summed E-state index contributed by atoms with van der Waals surface area (Å²) in [6.45, 7) is 11.9. The van der Waals surface area contributed by atoms with Crippen molar-refractivity contribution in [2.45, 2.75) is 49.0 Å². The maximum Gasteiger partial charge on any atom is 0.129 e. The smallest absolute Gasteiger partial charge is 0.129 e. The number of phenols is 2. The Balaban J connectivity index is -0.000000899. The number of nitrogens with zero attached hydrogens (tertiary/aromatic N) is 2. The van der Waals surface area contributed by atoms with Crippen LogP contribution in [0.1, 0.15) is 60.1 Å². The summed E-state index contributed by atoms with van der Waals surface area (Å²) in [4.78, 5) is 8.68. The van der Waals surface area contributed by atoms with Gasteiger partial charge in [0.15, 0.2) is 0 Å². The zero-order valence-electron chi connectivity index (χ0n) is 16.4. The van der Waals surface area contributed by atoms with Crippen LogP contribution < -0.4 is 0 Å². The predicted molar refractivity (Wildman–Crippen MR) is 115 cm³/mol. The van der Waals surface area contributed by atoms with Crippen LogP contribution in [-0.4, -0.2) is 28.3 Å². The molecule has 2 aromatic carbocycles. The molecule has 0 saturated carbocycles. The summed E-state index contributed by atoms with van der Waals surface area (Å²) in [7, 11) is 0. The molecular formula is C22H34N2O2Pt. The standard InChI is InChI=1S/C17H18N2O2.2C2H6.CH4.Pt/c1-12(14-7-3-5-9-16(14)20)18-11-19-13(2)15-8-4-6-10-17(15)21;2*1-2;;/h3-10,20-21H,11H2,1-2H3;2*1-2H3;1H4;. The van der Waals surface area contributed by atoms with Gasteiger partial charge in [-0.2, -0.15) is 0 Å². The Morgan fingerprint density at radius 3 is 1.30 bits per heavy atom. The summed E-state index contributed by atoms with van der Waals surface area (Å²) in [6.07, 6.45) is 0. The number of para-hydroxylation sites is 2. The second kappa shape index (κ2) is 17.5. The number of aliphatic imine (C=N–C) groups is 2. The van der Waals surface area contributed by atoms with Gasteiger partial charge < -0.3 is 10.2 Å². The van der Waals surface area contributed by atoms with Gasteiger partial charge >= 0.3 is 0 Å². The molecule has 0 radical (unpaired) electrons. The van der Waals surface area contributed by atoms with Crippen LogP contribution in [0.25, 0.3) is 0 Å². The van der Waals surface area contributed by atoms with Crippen LogP contribution in [0.5, 0.6) is 11.5 Å². The second-order valence-electron chi connectivity index (χ2n) is 4.66. The van der Waals surface area contributed by atoms with Crippen LogP contribution in [0.2, 0.25) is 0 Å². The quantitative estimate of drug-likeness (QED) is 0.452. The van der Waals surface area contributed by atoms with Gasteiger partial charge in [-0.15, -0.1) is 0 Å². The normalized spacial score (nSPS) is 10.1. The molecule has 2 rings (SSSR count). The van der Waals surface area contributed by atoms with Crippen molar-refractivity contribution in [3.63, 3.8) is 0 Å². The predicted octanol–water partition coefficient (Wildman–Crippen LogP) is 6.06. The summed E-state index contributed by atoms with van der Waals surface area (Å²) in [5.41, 5.74) is 2.85. The third-order valence-electron chi connectivity index (χ3n) is 3.20. The average molecular weight is 554 g/mol. The molecule has 0 amide bonds. The maximum absolute atomic E-state index is 9.75. The van der Waals surface area contributed by atoms with Crippen LogP contribution in [0.3, 0.4) is 0 Å². The molecule has 154 valence electrons. The number of hydrogen-bond acceptors (Lipinski definition) is 4. The first-order valence-corrected chi connectivity index (χ1v) is 8.68. The zero-order chi connectivity index (χ0) is 19.2. The first kappa shape index (κ1) is 29.8. The number of hydrogen-bond donors (Lipinski definition) is 2. The van der Waals surface area contributed by atoms with Crippen molar-refractivity contribution in [2.75, 3.05) is 6.67 Å². The number of phenolic OH excluding ortho intramolecular Hbond substituents is 2. The van der Waals surface area contributed by atoms with Gasteiger partial charge in [-0.05, 0) is 38.1 Å². The minimum absolute atomic E-state index is 0. The van der Waals surface area contributed by atoms with Gasteiger partial charge in [0.05, 0.1) is 0 Å². The largest absolute Gasteiger partial charge is 0.507 e. The summed E-state index contributed by atoms with van der Waals surface area (Å²) >= 11 is 0. The van der Waals surface area contributed by atoms with Crippen LogP contribution >= 0.6 is 0 Å². The second-order valence-corrected chi connectivity index (χ2v) is 4.66. The molecule has 0 bridgehead atoms. The van der Waals surface area contributed by atoms with E-state index in [1.807, 2.05) is 65.8 Å². The van der Waals surface area contributed by atoms with Gasteiger partial charge in [-0.25, -0.2) is 0 Å². The molecule has 0 saturated heterocycles. The molecule has 0 aromatic heterocycles. The topological polar surface area (TPSA) is 65.2 Å². The van der Waals surface area contributed by atoms with Crippen LogP contribution in [0, 0.1) is 0 Å². The van der Waals surface area contributed by atoms with Crippen LogP contribution in [0.4, 0.5) is 0 Å². The molecule has 2 N–H and O–H groups in total. The summed E-state index contributed by atoms with van der Waals surface area (Å²) in [6, 6.07) is 14.1. The van der Waals surface area contributed by atoms with E-state index >= 15 is 0 Å². The summed E-state index contributed by atoms with van der Waals surface area (Å²) < 4.78 is 0. The van der Waals surface area contributed by atoms with Crippen molar-refractivity contribution in [2.24, 2.45) is 9.98 Å². The van der Waals surface area contributed by atoms with Crippen molar-refractivity contribution in [1.29, 1.82) is 0 Å². The Kier molecular flexibility index (Phi) is 19.3. The molecule has 0 fully saturated rings. The molecule has 0 aliphatic heterocycles. The molecular weight excluding hydrogens is 519 g/mol. The molecule has 0 heterocycles. The van der Waals surface area contributed by atoms with E-state index in [9.17, 15) is 10.2 Å². The van der Waals surface area contributed by atoms with Gasteiger partial charge in [0.25, 0.3) is 0 Å². The maximum atomic E-state index is 9.75. The molecule has 0 spiro atoms. The van der Waals surface area contributed by atoms with E-state index in [-0.39, 0.29) is 46.7 Å². The minimum atomic E-state index is 0. The zero-order valence-corrected chi connectivity index (χ0v) is 18.7. The van der Waals surface area contributed by atoms with E-state index in [1.54, 1.807) is 24.3 Å². The van der Waals surface area contributed by atoms with E-state index in [0.29, 0.717) is 11.1 Å².